The van der Waals surface area contributed by atoms with Crippen LogP contribution in [0.2, 0.25) is 0 Å². The summed E-state index contributed by atoms with van der Waals surface area (Å²) in [6.07, 6.45) is 0. The second kappa shape index (κ2) is 8.26. The van der Waals surface area contributed by atoms with Gasteiger partial charge in [0, 0.05) is 8.95 Å². The summed E-state index contributed by atoms with van der Waals surface area (Å²) in [6.45, 7) is 3.71. The Hall–Kier alpha value is -1.66. The molecule has 0 saturated heterocycles. The van der Waals surface area contributed by atoms with E-state index in [1.807, 2.05) is 50.2 Å². The topological polar surface area (TPSA) is 50.7 Å². The molecule has 1 amide bonds. The van der Waals surface area contributed by atoms with E-state index in [1.54, 1.807) is 6.07 Å². The van der Waals surface area contributed by atoms with Crippen molar-refractivity contribution in [2.24, 2.45) is 5.10 Å². The fourth-order valence-corrected chi connectivity index (χ4v) is 2.30. The van der Waals surface area contributed by atoms with E-state index in [-0.39, 0.29) is 12.5 Å². The van der Waals surface area contributed by atoms with Crippen molar-refractivity contribution in [2.45, 2.75) is 13.8 Å². The zero-order valence-electron chi connectivity index (χ0n) is 12.8. The van der Waals surface area contributed by atoms with E-state index in [0.717, 1.165) is 25.8 Å². The Bertz CT molecular complexity index is 728. The van der Waals surface area contributed by atoms with Crippen LogP contribution in [0.15, 0.2) is 56.5 Å². The standard InChI is InChI=1S/C17H16Br2N2O2/c1-11-9-15(7-8-16(11)19)23-10-17(22)21-20-12(2)13-3-5-14(18)6-4-13/h3-9H,10H2,1-2H3,(H,21,22)/b20-12+. The van der Waals surface area contributed by atoms with Gasteiger partial charge in [-0.15, -0.1) is 0 Å². The first kappa shape index (κ1) is 17.7. The lowest BCUT2D eigenvalue weighted by Crippen LogP contribution is -2.25. The van der Waals surface area contributed by atoms with Crippen LogP contribution in [-0.4, -0.2) is 18.2 Å². The van der Waals surface area contributed by atoms with E-state index >= 15 is 0 Å². The molecule has 0 aromatic heterocycles. The van der Waals surface area contributed by atoms with Gasteiger partial charge in [-0.1, -0.05) is 44.0 Å². The molecule has 0 aliphatic rings. The molecule has 0 spiro atoms. The Labute approximate surface area is 152 Å². The molecule has 2 rings (SSSR count). The van der Waals surface area contributed by atoms with E-state index in [4.69, 9.17) is 4.74 Å². The van der Waals surface area contributed by atoms with Crippen LogP contribution in [0.4, 0.5) is 0 Å². The van der Waals surface area contributed by atoms with Crippen LogP contribution in [-0.2, 0) is 4.79 Å². The molecule has 0 heterocycles. The maximum atomic E-state index is 11.8. The average molecular weight is 440 g/mol. The van der Waals surface area contributed by atoms with Gasteiger partial charge in [0.1, 0.15) is 5.75 Å². The maximum Gasteiger partial charge on any atom is 0.277 e. The molecule has 0 radical (unpaired) electrons. The van der Waals surface area contributed by atoms with Crippen LogP contribution in [0.5, 0.6) is 5.75 Å². The van der Waals surface area contributed by atoms with Gasteiger partial charge in [0.2, 0.25) is 0 Å². The molecule has 4 nitrogen and oxygen atoms in total. The summed E-state index contributed by atoms with van der Waals surface area (Å²) in [7, 11) is 0. The van der Waals surface area contributed by atoms with Crippen LogP contribution >= 0.6 is 31.9 Å². The number of ether oxygens (including phenoxy) is 1. The van der Waals surface area contributed by atoms with Crippen molar-refractivity contribution in [3.63, 3.8) is 0 Å². The third kappa shape index (κ3) is 5.48. The molecule has 2 aromatic carbocycles. The van der Waals surface area contributed by atoms with Gasteiger partial charge >= 0.3 is 0 Å². The van der Waals surface area contributed by atoms with E-state index in [9.17, 15) is 4.79 Å². The van der Waals surface area contributed by atoms with Gasteiger partial charge < -0.3 is 4.74 Å². The molecule has 0 bridgehead atoms. The van der Waals surface area contributed by atoms with Crippen LogP contribution in [0.25, 0.3) is 0 Å². The SMILES string of the molecule is C/C(=N\NC(=O)COc1ccc(Br)c(C)c1)c1ccc(Br)cc1. The average Bonchev–Trinajstić information content (AvgIpc) is 2.54. The molecule has 0 saturated carbocycles. The minimum absolute atomic E-state index is 0.0851. The number of nitrogens with zero attached hydrogens (tertiary/aromatic N) is 1. The molecule has 0 aliphatic heterocycles. The number of carbonyl (C=O) groups excluding carboxylic acids is 1. The second-order valence-corrected chi connectivity index (χ2v) is 6.71. The van der Waals surface area contributed by atoms with Crippen molar-refractivity contribution < 1.29 is 9.53 Å². The molecule has 0 unspecified atom stereocenters. The van der Waals surface area contributed by atoms with Crippen LogP contribution in [0.3, 0.4) is 0 Å². The number of hydrogen-bond donors (Lipinski definition) is 1. The summed E-state index contributed by atoms with van der Waals surface area (Å²) in [6, 6.07) is 13.3. The van der Waals surface area contributed by atoms with Crippen LogP contribution in [0.1, 0.15) is 18.1 Å². The smallest absolute Gasteiger partial charge is 0.277 e. The Kier molecular flexibility index (Phi) is 6.36. The number of nitrogens with one attached hydrogen (secondary N) is 1. The molecule has 120 valence electrons. The van der Waals surface area contributed by atoms with E-state index in [0.29, 0.717) is 5.75 Å². The first-order chi connectivity index (χ1) is 11.0. The molecule has 0 fully saturated rings. The van der Waals surface area contributed by atoms with Gasteiger partial charge in [0.05, 0.1) is 5.71 Å². The van der Waals surface area contributed by atoms with Crippen molar-refractivity contribution in [1.82, 2.24) is 5.43 Å². The van der Waals surface area contributed by atoms with Gasteiger partial charge in [-0.3, -0.25) is 4.79 Å². The lowest BCUT2D eigenvalue weighted by atomic mass is 10.1. The molecule has 2 aromatic rings. The van der Waals surface area contributed by atoms with Crippen molar-refractivity contribution >= 4 is 43.5 Å². The van der Waals surface area contributed by atoms with Gasteiger partial charge in [-0.25, -0.2) is 5.43 Å². The zero-order chi connectivity index (χ0) is 16.8. The number of carbonyl (C=O) groups is 1. The highest BCUT2D eigenvalue weighted by Crippen LogP contribution is 2.21. The molecular formula is C17H16Br2N2O2. The Morgan fingerprint density at radius 3 is 2.52 bits per heavy atom. The van der Waals surface area contributed by atoms with Crippen molar-refractivity contribution in [2.75, 3.05) is 6.61 Å². The number of amides is 1. The number of benzene rings is 2. The second-order valence-electron chi connectivity index (χ2n) is 4.94. The monoisotopic (exact) mass is 438 g/mol. The largest absolute Gasteiger partial charge is 0.484 e. The first-order valence-electron chi connectivity index (χ1n) is 6.94. The van der Waals surface area contributed by atoms with Gasteiger partial charge in [-0.2, -0.15) is 5.10 Å². The third-order valence-corrected chi connectivity index (χ3v) is 4.53. The fourth-order valence-electron chi connectivity index (χ4n) is 1.79. The normalized spacial score (nSPS) is 11.2. The molecule has 0 atom stereocenters. The highest BCUT2D eigenvalue weighted by atomic mass is 79.9. The molecule has 6 heteroatoms. The van der Waals surface area contributed by atoms with Gasteiger partial charge in [0.25, 0.3) is 5.91 Å². The highest BCUT2D eigenvalue weighted by Gasteiger charge is 2.04. The maximum absolute atomic E-state index is 11.8. The lowest BCUT2D eigenvalue weighted by molar-refractivity contribution is -0.123. The van der Waals surface area contributed by atoms with Crippen molar-refractivity contribution in [3.05, 3.63) is 62.5 Å². The summed E-state index contributed by atoms with van der Waals surface area (Å²) >= 11 is 6.80. The Morgan fingerprint density at radius 2 is 1.87 bits per heavy atom. The number of hydrazone groups is 1. The molecular weight excluding hydrogens is 424 g/mol. The molecule has 23 heavy (non-hydrogen) atoms. The fraction of sp³-hybridized carbons (Fsp3) is 0.176. The number of halogens is 2. The number of rotatable bonds is 5. The minimum Gasteiger partial charge on any atom is -0.484 e. The van der Waals surface area contributed by atoms with Crippen molar-refractivity contribution in [3.8, 4) is 5.75 Å². The number of aryl methyl sites for hydroxylation is 1. The highest BCUT2D eigenvalue weighted by molar-refractivity contribution is 9.10. The summed E-state index contributed by atoms with van der Waals surface area (Å²) in [5.74, 6) is 0.344. The Morgan fingerprint density at radius 1 is 1.17 bits per heavy atom. The Balaban J connectivity index is 1.88. The zero-order valence-corrected chi connectivity index (χ0v) is 15.9. The van der Waals surface area contributed by atoms with Crippen LogP contribution in [0, 0.1) is 6.92 Å². The third-order valence-electron chi connectivity index (χ3n) is 3.11. The summed E-state index contributed by atoms with van der Waals surface area (Å²) in [4.78, 5) is 11.8. The van der Waals surface area contributed by atoms with Gasteiger partial charge in [0.15, 0.2) is 6.61 Å². The summed E-state index contributed by atoms with van der Waals surface area (Å²) in [5.41, 5.74) is 5.21. The summed E-state index contributed by atoms with van der Waals surface area (Å²) < 4.78 is 7.45. The van der Waals surface area contributed by atoms with Crippen LogP contribution < -0.4 is 10.2 Å². The first-order valence-corrected chi connectivity index (χ1v) is 8.52. The minimum atomic E-state index is -0.304. The van der Waals surface area contributed by atoms with E-state index in [1.165, 1.54) is 0 Å². The predicted octanol–water partition coefficient (Wildman–Crippen LogP) is 4.44. The molecule has 1 N–H and O–H groups in total. The molecule has 0 aliphatic carbocycles. The summed E-state index contributed by atoms with van der Waals surface area (Å²) in [5, 5.41) is 4.08. The lowest BCUT2D eigenvalue weighted by Gasteiger charge is -2.07. The quantitative estimate of drug-likeness (QED) is 0.553. The predicted molar refractivity (Wildman–Crippen MR) is 98.9 cm³/mol. The van der Waals surface area contributed by atoms with Crippen molar-refractivity contribution in [1.29, 1.82) is 0 Å². The number of hydrogen-bond acceptors (Lipinski definition) is 3. The van der Waals surface area contributed by atoms with E-state index < -0.39 is 0 Å². The van der Waals surface area contributed by atoms with E-state index in [2.05, 4.69) is 42.4 Å². The van der Waals surface area contributed by atoms with Gasteiger partial charge in [-0.05, 0) is 55.3 Å².